The summed E-state index contributed by atoms with van der Waals surface area (Å²) in [5, 5.41) is 2.57. The highest BCUT2D eigenvalue weighted by atomic mass is 32.2. The van der Waals surface area contributed by atoms with Gasteiger partial charge in [0.15, 0.2) is 0 Å². The third-order valence-electron chi connectivity index (χ3n) is 2.78. The summed E-state index contributed by atoms with van der Waals surface area (Å²) in [4.78, 5) is 11.7. The van der Waals surface area contributed by atoms with E-state index in [4.69, 9.17) is 10.5 Å². The number of amides is 1. The van der Waals surface area contributed by atoms with Crippen molar-refractivity contribution in [2.24, 2.45) is 0 Å². The minimum absolute atomic E-state index is 0.0761. The molecule has 0 aliphatic rings. The summed E-state index contributed by atoms with van der Waals surface area (Å²) < 4.78 is 30.5. The van der Waals surface area contributed by atoms with E-state index in [1.165, 1.54) is 26.3 Å². The minimum Gasteiger partial charge on any atom is -0.399 e. The van der Waals surface area contributed by atoms with Crippen LogP contribution in [0.1, 0.15) is 5.56 Å². The number of carbonyl (C=O) groups excluding carboxylic acids is 1. The van der Waals surface area contributed by atoms with Crippen LogP contribution >= 0.6 is 0 Å². The third-order valence-corrected chi connectivity index (χ3v) is 4.56. The number of hydrogen-bond donors (Lipinski definition) is 2. The van der Waals surface area contributed by atoms with E-state index in [0.717, 1.165) is 9.87 Å². The number of sulfonamides is 1. The molecule has 0 heterocycles. The Balaban J connectivity index is 2.80. The summed E-state index contributed by atoms with van der Waals surface area (Å²) in [6.45, 7) is 2.20. The van der Waals surface area contributed by atoms with Crippen molar-refractivity contribution < 1.29 is 17.9 Å². The zero-order valence-corrected chi connectivity index (χ0v) is 13.2. The molecule has 0 aliphatic heterocycles. The molecule has 0 atom stereocenters. The molecule has 1 aromatic carbocycles. The second kappa shape index (κ2) is 7.39. The van der Waals surface area contributed by atoms with Crippen LogP contribution in [0.4, 0.5) is 5.69 Å². The number of hydrogen-bond acceptors (Lipinski definition) is 5. The lowest BCUT2D eigenvalue weighted by atomic mass is 10.2. The van der Waals surface area contributed by atoms with Crippen molar-refractivity contribution in [3.05, 3.63) is 23.8 Å². The highest BCUT2D eigenvalue weighted by molar-refractivity contribution is 7.89. The quantitative estimate of drug-likeness (QED) is 0.543. The Morgan fingerprint density at radius 3 is 2.62 bits per heavy atom. The summed E-state index contributed by atoms with van der Waals surface area (Å²) in [6.07, 6.45) is 0. The predicted octanol–water partition coefficient (Wildman–Crippen LogP) is -0.0397. The molecule has 1 rings (SSSR count). The molecule has 118 valence electrons. The first-order chi connectivity index (χ1) is 9.77. The minimum atomic E-state index is -3.75. The number of nitrogen functional groups attached to an aromatic ring is 1. The SMILES string of the molecule is COCCNC(=O)CN(C)S(=O)(=O)c1cc(C)cc(N)c1. The van der Waals surface area contributed by atoms with Crippen molar-refractivity contribution in [3.8, 4) is 0 Å². The molecular formula is C13H21N3O4S. The normalized spacial score (nSPS) is 11.6. The highest BCUT2D eigenvalue weighted by Gasteiger charge is 2.23. The van der Waals surface area contributed by atoms with Crippen LogP contribution in [0.25, 0.3) is 0 Å². The molecule has 0 radical (unpaired) electrons. The van der Waals surface area contributed by atoms with Crippen LogP contribution in [0.3, 0.4) is 0 Å². The molecule has 21 heavy (non-hydrogen) atoms. The average molecular weight is 315 g/mol. The molecule has 3 N–H and O–H groups in total. The van der Waals surface area contributed by atoms with Crippen LogP contribution in [0, 0.1) is 6.92 Å². The van der Waals surface area contributed by atoms with Crippen LogP contribution in [0.5, 0.6) is 0 Å². The predicted molar refractivity (Wildman–Crippen MR) is 80.3 cm³/mol. The third kappa shape index (κ3) is 5.00. The van der Waals surface area contributed by atoms with E-state index in [9.17, 15) is 13.2 Å². The van der Waals surface area contributed by atoms with Gasteiger partial charge in [-0.25, -0.2) is 8.42 Å². The second-order valence-corrected chi connectivity index (χ2v) is 6.73. The maximum absolute atomic E-state index is 12.4. The fraction of sp³-hybridized carbons (Fsp3) is 0.462. The van der Waals surface area contributed by atoms with Gasteiger partial charge >= 0.3 is 0 Å². The number of methoxy groups -OCH3 is 1. The van der Waals surface area contributed by atoms with Crippen molar-refractivity contribution in [3.63, 3.8) is 0 Å². The molecule has 0 aromatic heterocycles. The highest BCUT2D eigenvalue weighted by Crippen LogP contribution is 2.19. The smallest absolute Gasteiger partial charge is 0.243 e. The van der Waals surface area contributed by atoms with Crippen LogP contribution in [-0.2, 0) is 19.6 Å². The van der Waals surface area contributed by atoms with E-state index < -0.39 is 15.9 Å². The molecule has 0 spiro atoms. The van der Waals surface area contributed by atoms with E-state index in [0.29, 0.717) is 18.8 Å². The standard InChI is InChI=1S/C13H21N3O4S/c1-10-6-11(14)8-12(7-10)21(18,19)16(2)9-13(17)15-4-5-20-3/h6-8H,4-5,9,14H2,1-3H3,(H,15,17). The van der Waals surface area contributed by atoms with Gasteiger partial charge in [0.25, 0.3) is 0 Å². The molecule has 0 aliphatic carbocycles. The lowest BCUT2D eigenvalue weighted by Crippen LogP contribution is -2.39. The maximum Gasteiger partial charge on any atom is 0.243 e. The molecule has 7 nitrogen and oxygen atoms in total. The summed E-state index contributed by atoms with van der Waals surface area (Å²) in [5.41, 5.74) is 6.77. The topological polar surface area (TPSA) is 102 Å². The summed E-state index contributed by atoms with van der Waals surface area (Å²) in [5.74, 6) is -0.390. The number of aryl methyl sites for hydroxylation is 1. The van der Waals surface area contributed by atoms with Crippen molar-refractivity contribution in [1.29, 1.82) is 0 Å². The fourth-order valence-electron chi connectivity index (χ4n) is 1.74. The van der Waals surface area contributed by atoms with Gasteiger partial charge in [0.2, 0.25) is 15.9 Å². The van der Waals surface area contributed by atoms with Crippen LogP contribution in [0.15, 0.2) is 23.1 Å². The first-order valence-electron chi connectivity index (χ1n) is 6.36. The zero-order valence-electron chi connectivity index (χ0n) is 12.4. The average Bonchev–Trinajstić information content (AvgIpc) is 2.37. The first kappa shape index (κ1) is 17.4. The van der Waals surface area contributed by atoms with Crippen molar-refractivity contribution in [2.75, 3.05) is 39.6 Å². The van der Waals surface area contributed by atoms with Crippen molar-refractivity contribution in [2.45, 2.75) is 11.8 Å². The molecule has 0 unspecified atom stereocenters. The Labute approximate surface area is 125 Å². The van der Waals surface area contributed by atoms with Crippen LogP contribution in [0.2, 0.25) is 0 Å². The maximum atomic E-state index is 12.4. The number of nitrogens with one attached hydrogen (secondary N) is 1. The molecule has 0 bridgehead atoms. The molecule has 1 amide bonds. The Bertz CT molecular complexity index is 581. The number of anilines is 1. The van der Waals surface area contributed by atoms with Crippen LogP contribution < -0.4 is 11.1 Å². The molecule has 0 fully saturated rings. The van der Waals surface area contributed by atoms with Gasteiger partial charge in [0.1, 0.15) is 0 Å². The van der Waals surface area contributed by atoms with Crippen LogP contribution in [-0.4, -0.2) is 52.5 Å². The van der Waals surface area contributed by atoms with Gasteiger partial charge in [0, 0.05) is 26.4 Å². The lowest BCUT2D eigenvalue weighted by Gasteiger charge is -2.17. The van der Waals surface area contributed by atoms with Gasteiger partial charge in [-0.15, -0.1) is 0 Å². The number of benzene rings is 1. The van der Waals surface area contributed by atoms with Crippen molar-refractivity contribution >= 4 is 21.6 Å². The van der Waals surface area contributed by atoms with Gasteiger partial charge in [-0.3, -0.25) is 4.79 Å². The summed E-state index contributed by atoms with van der Waals surface area (Å²) >= 11 is 0. The number of carbonyl (C=O) groups is 1. The van der Waals surface area contributed by atoms with Gasteiger partial charge in [-0.05, 0) is 30.7 Å². The lowest BCUT2D eigenvalue weighted by molar-refractivity contribution is -0.121. The van der Waals surface area contributed by atoms with Gasteiger partial charge in [-0.1, -0.05) is 0 Å². The Morgan fingerprint density at radius 1 is 1.38 bits per heavy atom. The fourth-order valence-corrected chi connectivity index (χ4v) is 3.01. The number of rotatable bonds is 7. The van der Waals surface area contributed by atoms with E-state index in [1.54, 1.807) is 13.0 Å². The summed E-state index contributed by atoms with van der Waals surface area (Å²) in [7, 11) is -0.879. The number of nitrogens with zero attached hydrogens (tertiary/aromatic N) is 1. The number of nitrogens with two attached hydrogens (primary N) is 1. The van der Waals surface area contributed by atoms with E-state index in [-0.39, 0.29) is 11.4 Å². The number of likely N-dealkylation sites (N-methyl/N-ethyl adjacent to an activating group) is 1. The van der Waals surface area contributed by atoms with Gasteiger partial charge in [-0.2, -0.15) is 4.31 Å². The van der Waals surface area contributed by atoms with E-state index >= 15 is 0 Å². The van der Waals surface area contributed by atoms with Gasteiger partial charge in [0.05, 0.1) is 18.0 Å². The Kier molecular flexibility index (Phi) is 6.13. The second-order valence-electron chi connectivity index (χ2n) is 4.68. The van der Waals surface area contributed by atoms with E-state index in [2.05, 4.69) is 5.32 Å². The molecular weight excluding hydrogens is 294 g/mol. The molecule has 1 aromatic rings. The molecule has 0 saturated carbocycles. The molecule has 8 heteroatoms. The zero-order chi connectivity index (χ0) is 16.0. The monoisotopic (exact) mass is 315 g/mol. The first-order valence-corrected chi connectivity index (χ1v) is 7.80. The van der Waals surface area contributed by atoms with Crippen molar-refractivity contribution in [1.82, 2.24) is 9.62 Å². The molecule has 0 saturated heterocycles. The van der Waals surface area contributed by atoms with E-state index in [1.807, 2.05) is 0 Å². The summed E-state index contributed by atoms with van der Waals surface area (Å²) in [6, 6.07) is 4.57. The Morgan fingerprint density at radius 2 is 2.05 bits per heavy atom. The van der Waals surface area contributed by atoms with Gasteiger partial charge < -0.3 is 15.8 Å². The number of ether oxygens (including phenoxy) is 1. The Hall–Kier alpha value is -1.64. The largest absolute Gasteiger partial charge is 0.399 e.